The minimum atomic E-state index is -3.51. The van der Waals surface area contributed by atoms with Crippen LogP contribution in [0.15, 0.2) is 18.2 Å². The van der Waals surface area contributed by atoms with E-state index in [0.29, 0.717) is 10.6 Å². The van der Waals surface area contributed by atoms with Gasteiger partial charge in [-0.1, -0.05) is 17.7 Å². The van der Waals surface area contributed by atoms with Crippen LogP contribution in [0.1, 0.15) is 15.9 Å². The Kier molecular flexibility index (Phi) is 6.41. The van der Waals surface area contributed by atoms with Crippen molar-refractivity contribution in [2.45, 2.75) is 6.92 Å². The molecular weight excluding hydrogens is 304 g/mol. The van der Waals surface area contributed by atoms with E-state index in [1.165, 1.54) is 0 Å². The lowest BCUT2D eigenvalue weighted by molar-refractivity contribution is 0.0923. The molecule has 8 heteroatoms. The SMILES string of the molecule is Cc1ccc(C(=O)NCCOCCS(N)(=O)=O)c(Cl)c1. The molecule has 1 amide bonds. The van der Waals surface area contributed by atoms with Crippen molar-refractivity contribution in [1.29, 1.82) is 0 Å². The Bertz CT molecular complexity index is 575. The molecule has 112 valence electrons. The highest BCUT2D eigenvalue weighted by molar-refractivity contribution is 7.89. The normalized spacial score (nSPS) is 11.3. The number of amides is 1. The van der Waals surface area contributed by atoms with Gasteiger partial charge in [0, 0.05) is 6.54 Å². The molecule has 0 bridgehead atoms. The largest absolute Gasteiger partial charge is 0.379 e. The lowest BCUT2D eigenvalue weighted by Gasteiger charge is -2.08. The molecule has 0 saturated heterocycles. The molecule has 1 aromatic carbocycles. The van der Waals surface area contributed by atoms with Gasteiger partial charge in [-0.2, -0.15) is 0 Å². The first kappa shape index (κ1) is 16.9. The van der Waals surface area contributed by atoms with Crippen molar-refractivity contribution in [3.63, 3.8) is 0 Å². The summed E-state index contributed by atoms with van der Waals surface area (Å²) in [5, 5.41) is 7.83. The van der Waals surface area contributed by atoms with Crippen LogP contribution in [0.5, 0.6) is 0 Å². The second-order valence-corrected chi connectivity index (χ2v) is 6.36. The predicted molar refractivity (Wildman–Crippen MR) is 77.3 cm³/mol. The van der Waals surface area contributed by atoms with Crippen LogP contribution >= 0.6 is 11.6 Å². The molecule has 0 heterocycles. The van der Waals surface area contributed by atoms with Gasteiger partial charge in [0.25, 0.3) is 5.91 Å². The second kappa shape index (κ2) is 7.58. The average molecular weight is 321 g/mol. The third kappa shape index (κ3) is 6.33. The topological polar surface area (TPSA) is 98.5 Å². The van der Waals surface area contributed by atoms with E-state index in [0.717, 1.165) is 5.56 Å². The van der Waals surface area contributed by atoms with Gasteiger partial charge in [-0.05, 0) is 24.6 Å². The third-order valence-electron chi connectivity index (χ3n) is 2.41. The van der Waals surface area contributed by atoms with E-state index in [-0.39, 0.29) is 31.4 Å². The fraction of sp³-hybridized carbons (Fsp3) is 0.417. The molecule has 0 aromatic heterocycles. The van der Waals surface area contributed by atoms with Gasteiger partial charge >= 0.3 is 0 Å². The zero-order valence-corrected chi connectivity index (χ0v) is 12.6. The summed E-state index contributed by atoms with van der Waals surface area (Å²) in [6.07, 6.45) is 0. The molecular formula is C12H17ClN2O4S. The molecule has 0 aliphatic heterocycles. The maximum absolute atomic E-state index is 11.8. The first-order chi connectivity index (χ1) is 9.29. The number of sulfonamides is 1. The lowest BCUT2D eigenvalue weighted by Crippen LogP contribution is -2.28. The van der Waals surface area contributed by atoms with Gasteiger partial charge in [0.05, 0.1) is 29.6 Å². The molecule has 0 aliphatic rings. The van der Waals surface area contributed by atoms with Crippen LogP contribution in [0.3, 0.4) is 0 Å². The van der Waals surface area contributed by atoms with Crippen molar-refractivity contribution in [2.24, 2.45) is 5.14 Å². The number of carbonyl (C=O) groups is 1. The average Bonchev–Trinajstić information content (AvgIpc) is 2.32. The molecule has 0 saturated carbocycles. The Labute approximate surface area is 123 Å². The van der Waals surface area contributed by atoms with Gasteiger partial charge in [0.15, 0.2) is 0 Å². The summed E-state index contributed by atoms with van der Waals surface area (Å²) in [5.74, 6) is -0.546. The molecule has 0 unspecified atom stereocenters. The Morgan fingerprint density at radius 2 is 2.10 bits per heavy atom. The van der Waals surface area contributed by atoms with Crippen LogP contribution in [0.25, 0.3) is 0 Å². The molecule has 20 heavy (non-hydrogen) atoms. The van der Waals surface area contributed by atoms with Crippen molar-refractivity contribution < 1.29 is 17.9 Å². The van der Waals surface area contributed by atoms with Crippen LogP contribution in [0.4, 0.5) is 0 Å². The van der Waals surface area contributed by atoms with Crippen molar-refractivity contribution in [3.05, 3.63) is 34.3 Å². The van der Waals surface area contributed by atoms with E-state index in [2.05, 4.69) is 5.32 Å². The van der Waals surface area contributed by atoms with Crippen molar-refractivity contribution in [2.75, 3.05) is 25.5 Å². The molecule has 3 N–H and O–H groups in total. The van der Waals surface area contributed by atoms with Gasteiger partial charge < -0.3 is 10.1 Å². The molecule has 0 atom stereocenters. The first-order valence-electron chi connectivity index (χ1n) is 5.92. The highest BCUT2D eigenvalue weighted by Gasteiger charge is 2.09. The van der Waals surface area contributed by atoms with E-state index in [1.807, 2.05) is 6.92 Å². The number of nitrogens with one attached hydrogen (secondary N) is 1. The van der Waals surface area contributed by atoms with Crippen LogP contribution in [-0.2, 0) is 14.8 Å². The van der Waals surface area contributed by atoms with Crippen LogP contribution in [-0.4, -0.2) is 39.8 Å². The maximum atomic E-state index is 11.8. The maximum Gasteiger partial charge on any atom is 0.252 e. The fourth-order valence-electron chi connectivity index (χ4n) is 1.41. The summed E-state index contributed by atoms with van der Waals surface area (Å²) in [6, 6.07) is 5.15. The van der Waals surface area contributed by atoms with E-state index >= 15 is 0 Å². The summed E-state index contributed by atoms with van der Waals surface area (Å²) in [5.41, 5.74) is 1.36. The molecule has 1 aromatic rings. The molecule has 0 spiro atoms. The van der Waals surface area contributed by atoms with Crippen LogP contribution < -0.4 is 10.5 Å². The summed E-state index contributed by atoms with van der Waals surface area (Å²) >= 11 is 5.96. The first-order valence-corrected chi connectivity index (χ1v) is 8.01. The summed E-state index contributed by atoms with van der Waals surface area (Å²) in [4.78, 5) is 11.8. The highest BCUT2D eigenvalue weighted by atomic mass is 35.5. The summed E-state index contributed by atoms with van der Waals surface area (Å²) in [7, 11) is -3.51. The van der Waals surface area contributed by atoms with E-state index in [1.54, 1.807) is 18.2 Å². The zero-order chi connectivity index (χ0) is 15.2. The quantitative estimate of drug-likeness (QED) is 0.722. The van der Waals surface area contributed by atoms with E-state index in [4.69, 9.17) is 21.5 Å². The Morgan fingerprint density at radius 1 is 1.40 bits per heavy atom. The molecule has 1 rings (SSSR count). The Balaban J connectivity index is 2.30. The number of rotatable bonds is 7. The molecule has 6 nitrogen and oxygen atoms in total. The van der Waals surface area contributed by atoms with Gasteiger partial charge in [0.2, 0.25) is 10.0 Å². The molecule has 0 fully saturated rings. The predicted octanol–water partition coefficient (Wildman–Crippen LogP) is 0.683. The number of hydrogen-bond acceptors (Lipinski definition) is 4. The number of nitrogens with two attached hydrogens (primary N) is 1. The number of hydrogen-bond donors (Lipinski definition) is 2. The van der Waals surface area contributed by atoms with E-state index in [9.17, 15) is 13.2 Å². The monoisotopic (exact) mass is 320 g/mol. The number of primary sulfonamides is 1. The van der Waals surface area contributed by atoms with Crippen molar-refractivity contribution >= 4 is 27.5 Å². The molecule has 0 aliphatic carbocycles. The number of halogens is 1. The minimum absolute atomic E-state index is 0.00000826. The number of benzene rings is 1. The molecule has 0 radical (unpaired) electrons. The van der Waals surface area contributed by atoms with Gasteiger partial charge in [-0.25, -0.2) is 13.6 Å². The van der Waals surface area contributed by atoms with Crippen LogP contribution in [0.2, 0.25) is 5.02 Å². The van der Waals surface area contributed by atoms with Crippen molar-refractivity contribution in [1.82, 2.24) is 5.32 Å². The Hall–Kier alpha value is -1.15. The van der Waals surface area contributed by atoms with E-state index < -0.39 is 10.0 Å². The number of aryl methyl sites for hydroxylation is 1. The number of ether oxygens (including phenoxy) is 1. The van der Waals surface area contributed by atoms with Crippen LogP contribution in [0, 0.1) is 6.92 Å². The minimum Gasteiger partial charge on any atom is -0.379 e. The lowest BCUT2D eigenvalue weighted by atomic mass is 10.1. The van der Waals surface area contributed by atoms with Gasteiger partial charge in [-0.15, -0.1) is 0 Å². The van der Waals surface area contributed by atoms with Gasteiger partial charge in [-0.3, -0.25) is 4.79 Å². The fourth-order valence-corrected chi connectivity index (χ4v) is 2.08. The highest BCUT2D eigenvalue weighted by Crippen LogP contribution is 2.17. The Morgan fingerprint density at radius 3 is 2.70 bits per heavy atom. The summed E-state index contributed by atoms with van der Waals surface area (Å²) < 4.78 is 26.3. The standard InChI is InChI=1S/C12H17ClN2O4S/c1-9-2-3-10(11(13)8-9)12(16)15-4-5-19-6-7-20(14,17)18/h2-3,8H,4-7H2,1H3,(H,15,16)(H2,14,17,18). The second-order valence-electron chi connectivity index (χ2n) is 4.22. The van der Waals surface area contributed by atoms with Crippen molar-refractivity contribution in [3.8, 4) is 0 Å². The van der Waals surface area contributed by atoms with Gasteiger partial charge in [0.1, 0.15) is 0 Å². The summed E-state index contributed by atoms with van der Waals surface area (Å²) in [6.45, 7) is 2.34. The smallest absolute Gasteiger partial charge is 0.252 e. The number of carbonyl (C=O) groups excluding carboxylic acids is 1. The third-order valence-corrected chi connectivity index (χ3v) is 3.46. The zero-order valence-electron chi connectivity index (χ0n) is 11.1.